The minimum absolute atomic E-state index is 0.776. The summed E-state index contributed by atoms with van der Waals surface area (Å²) in [7, 11) is 3.31. The largest absolute Gasteiger partial charge is 0.493 e. The van der Waals surface area contributed by atoms with Crippen molar-refractivity contribution < 1.29 is 9.47 Å². The first-order valence-electron chi connectivity index (χ1n) is 5.81. The third-order valence-corrected chi connectivity index (χ3v) is 3.31. The number of thioether (sulfide) groups is 1. The van der Waals surface area contributed by atoms with Crippen LogP contribution >= 0.6 is 11.8 Å². The van der Waals surface area contributed by atoms with E-state index in [1.54, 1.807) is 14.2 Å². The predicted octanol–water partition coefficient (Wildman–Crippen LogP) is 2.55. The average molecular weight is 255 g/mol. The maximum Gasteiger partial charge on any atom is 0.161 e. The Hall–Kier alpha value is -0.870. The fourth-order valence-corrected chi connectivity index (χ4v) is 2.09. The zero-order valence-electron chi connectivity index (χ0n) is 10.8. The quantitative estimate of drug-likeness (QED) is 0.723. The molecule has 3 nitrogen and oxygen atoms in total. The van der Waals surface area contributed by atoms with Crippen molar-refractivity contribution in [2.75, 3.05) is 32.3 Å². The second-order valence-electron chi connectivity index (χ2n) is 3.56. The predicted molar refractivity (Wildman–Crippen MR) is 74.3 cm³/mol. The van der Waals surface area contributed by atoms with Crippen molar-refractivity contribution in [3.63, 3.8) is 0 Å². The van der Waals surface area contributed by atoms with Gasteiger partial charge in [-0.25, -0.2) is 0 Å². The third-order valence-electron chi connectivity index (χ3n) is 2.40. The van der Waals surface area contributed by atoms with Gasteiger partial charge in [0.1, 0.15) is 0 Å². The molecule has 0 heterocycles. The van der Waals surface area contributed by atoms with Gasteiger partial charge < -0.3 is 14.8 Å². The van der Waals surface area contributed by atoms with Crippen LogP contribution < -0.4 is 14.8 Å². The Morgan fingerprint density at radius 2 is 1.94 bits per heavy atom. The van der Waals surface area contributed by atoms with Gasteiger partial charge in [0, 0.05) is 18.8 Å². The number of hydrogen-bond acceptors (Lipinski definition) is 4. The van der Waals surface area contributed by atoms with Crippen LogP contribution in [0.4, 0.5) is 0 Å². The molecule has 0 radical (unpaired) electrons. The smallest absolute Gasteiger partial charge is 0.161 e. The van der Waals surface area contributed by atoms with Gasteiger partial charge in [-0.3, -0.25) is 0 Å². The topological polar surface area (TPSA) is 30.5 Å². The molecule has 4 heteroatoms. The van der Waals surface area contributed by atoms with Crippen molar-refractivity contribution in [2.24, 2.45) is 0 Å². The van der Waals surface area contributed by atoms with Crippen LogP contribution in [-0.2, 0) is 6.54 Å². The second kappa shape index (κ2) is 8.25. The molecule has 0 fully saturated rings. The molecule has 0 bridgehead atoms. The normalized spacial score (nSPS) is 10.3. The standard InChI is InChI=1S/C13H21NO2S/c1-4-17-8-7-14-10-11-5-6-12(15-2)13(9-11)16-3/h5-6,9,14H,4,7-8,10H2,1-3H3. The van der Waals surface area contributed by atoms with E-state index in [-0.39, 0.29) is 0 Å². The van der Waals surface area contributed by atoms with Gasteiger partial charge in [-0.2, -0.15) is 11.8 Å². The molecule has 0 spiro atoms. The zero-order valence-corrected chi connectivity index (χ0v) is 11.6. The van der Waals surface area contributed by atoms with Gasteiger partial charge in [-0.1, -0.05) is 13.0 Å². The van der Waals surface area contributed by atoms with Crippen LogP contribution in [0.5, 0.6) is 11.5 Å². The fourth-order valence-electron chi connectivity index (χ4n) is 1.51. The lowest BCUT2D eigenvalue weighted by Gasteiger charge is -2.10. The van der Waals surface area contributed by atoms with E-state index in [9.17, 15) is 0 Å². The molecule has 1 N–H and O–H groups in total. The Balaban J connectivity index is 2.43. The molecule has 17 heavy (non-hydrogen) atoms. The number of benzene rings is 1. The van der Waals surface area contributed by atoms with Crippen molar-refractivity contribution in [1.82, 2.24) is 5.32 Å². The van der Waals surface area contributed by atoms with Crippen LogP contribution in [0.25, 0.3) is 0 Å². The van der Waals surface area contributed by atoms with E-state index in [1.165, 1.54) is 11.3 Å². The van der Waals surface area contributed by atoms with Gasteiger partial charge in [0.25, 0.3) is 0 Å². The summed E-state index contributed by atoms with van der Waals surface area (Å²) in [5, 5.41) is 3.41. The molecule has 1 aromatic carbocycles. The number of hydrogen-bond donors (Lipinski definition) is 1. The summed E-state index contributed by atoms with van der Waals surface area (Å²) in [5.74, 6) is 3.90. The molecule has 0 aliphatic rings. The molecule has 0 saturated carbocycles. The first-order valence-corrected chi connectivity index (χ1v) is 6.96. The molecule has 1 aromatic rings. The number of nitrogens with one attached hydrogen (secondary N) is 1. The lowest BCUT2D eigenvalue weighted by Crippen LogP contribution is -2.16. The Kier molecular flexibility index (Phi) is 6.89. The molecule has 0 aliphatic carbocycles. The third kappa shape index (κ3) is 4.88. The summed E-state index contributed by atoms with van der Waals surface area (Å²) in [4.78, 5) is 0. The Bertz CT molecular complexity index is 331. The van der Waals surface area contributed by atoms with Crippen LogP contribution in [0.1, 0.15) is 12.5 Å². The number of ether oxygens (including phenoxy) is 2. The van der Waals surface area contributed by atoms with E-state index < -0.39 is 0 Å². The SMILES string of the molecule is CCSCCNCc1ccc(OC)c(OC)c1. The summed E-state index contributed by atoms with van der Waals surface area (Å²) >= 11 is 1.95. The van der Waals surface area contributed by atoms with E-state index in [1.807, 2.05) is 23.9 Å². The van der Waals surface area contributed by atoms with Crippen LogP contribution in [0.3, 0.4) is 0 Å². The summed E-state index contributed by atoms with van der Waals surface area (Å²) in [6, 6.07) is 6.01. The van der Waals surface area contributed by atoms with E-state index in [0.29, 0.717) is 0 Å². The summed E-state index contributed by atoms with van der Waals surface area (Å²) in [6.07, 6.45) is 0. The van der Waals surface area contributed by atoms with Crippen LogP contribution in [0, 0.1) is 0 Å². The Labute approximate surface area is 108 Å². The van der Waals surface area contributed by atoms with E-state index >= 15 is 0 Å². The van der Waals surface area contributed by atoms with Crippen LogP contribution in [0.2, 0.25) is 0 Å². The van der Waals surface area contributed by atoms with E-state index in [4.69, 9.17) is 9.47 Å². The minimum Gasteiger partial charge on any atom is -0.493 e. The lowest BCUT2D eigenvalue weighted by atomic mass is 10.2. The molecule has 0 amide bonds. The number of methoxy groups -OCH3 is 2. The second-order valence-corrected chi connectivity index (χ2v) is 4.96. The van der Waals surface area contributed by atoms with Crippen molar-refractivity contribution in [2.45, 2.75) is 13.5 Å². The highest BCUT2D eigenvalue weighted by atomic mass is 32.2. The summed E-state index contributed by atoms with van der Waals surface area (Å²) in [6.45, 7) is 4.08. The highest BCUT2D eigenvalue weighted by molar-refractivity contribution is 7.99. The van der Waals surface area contributed by atoms with E-state index in [0.717, 1.165) is 30.3 Å². The summed E-state index contributed by atoms with van der Waals surface area (Å²) in [5.41, 5.74) is 1.21. The molecular formula is C13H21NO2S. The maximum atomic E-state index is 5.26. The summed E-state index contributed by atoms with van der Waals surface area (Å²) < 4.78 is 10.5. The van der Waals surface area contributed by atoms with Gasteiger partial charge in [-0.15, -0.1) is 0 Å². The van der Waals surface area contributed by atoms with Crippen molar-refractivity contribution >= 4 is 11.8 Å². The molecule has 0 aromatic heterocycles. The van der Waals surface area contributed by atoms with Gasteiger partial charge in [0.2, 0.25) is 0 Å². The Morgan fingerprint density at radius 3 is 2.59 bits per heavy atom. The maximum absolute atomic E-state index is 5.26. The van der Waals surface area contributed by atoms with Gasteiger partial charge >= 0.3 is 0 Å². The molecule has 0 aliphatic heterocycles. The lowest BCUT2D eigenvalue weighted by molar-refractivity contribution is 0.354. The first kappa shape index (κ1) is 14.2. The molecule has 96 valence electrons. The van der Waals surface area contributed by atoms with Crippen LogP contribution in [-0.4, -0.2) is 32.3 Å². The van der Waals surface area contributed by atoms with Crippen molar-refractivity contribution in [3.8, 4) is 11.5 Å². The zero-order chi connectivity index (χ0) is 12.5. The highest BCUT2D eigenvalue weighted by Crippen LogP contribution is 2.27. The Morgan fingerprint density at radius 1 is 1.18 bits per heavy atom. The van der Waals surface area contributed by atoms with Gasteiger partial charge in [-0.05, 0) is 23.4 Å². The van der Waals surface area contributed by atoms with Gasteiger partial charge in [0.05, 0.1) is 14.2 Å². The molecular weight excluding hydrogens is 234 g/mol. The fraction of sp³-hybridized carbons (Fsp3) is 0.538. The molecule has 0 unspecified atom stereocenters. The highest BCUT2D eigenvalue weighted by Gasteiger charge is 2.03. The van der Waals surface area contributed by atoms with Crippen LogP contribution in [0.15, 0.2) is 18.2 Å². The van der Waals surface area contributed by atoms with Crippen molar-refractivity contribution in [3.05, 3.63) is 23.8 Å². The monoisotopic (exact) mass is 255 g/mol. The molecule has 0 saturated heterocycles. The molecule has 1 rings (SSSR count). The average Bonchev–Trinajstić information content (AvgIpc) is 2.38. The van der Waals surface area contributed by atoms with Crippen molar-refractivity contribution in [1.29, 1.82) is 0 Å². The van der Waals surface area contributed by atoms with E-state index in [2.05, 4.69) is 18.3 Å². The minimum atomic E-state index is 0.776. The number of rotatable bonds is 8. The molecule has 0 atom stereocenters. The van der Waals surface area contributed by atoms with Gasteiger partial charge in [0.15, 0.2) is 11.5 Å². The first-order chi connectivity index (χ1) is 8.31.